The molecule has 12 rings (SSSR count). The predicted molar refractivity (Wildman–Crippen MR) is 242 cm³/mol. The number of rotatable bonds is 5. The van der Waals surface area contributed by atoms with Crippen LogP contribution < -0.4 is 0 Å². The summed E-state index contributed by atoms with van der Waals surface area (Å²) in [5.74, 6) is 1.98. The van der Waals surface area contributed by atoms with Gasteiger partial charge in [0.05, 0.1) is 15.7 Å². The first kappa shape index (κ1) is 32.3. The van der Waals surface area contributed by atoms with Crippen LogP contribution >= 0.6 is 22.7 Å². The van der Waals surface area contributed by atoms with Gasteiger partial charge in [-0.3, -0.25) is 0 Å². The first-order valence-corrected chi connectivity index (χ1v) is 20.7. The number of fused-ring (bicyclic) bond motifs is 10. The first-order chi connectivity index (χ1) is 28.3. The SMILES string of the molecule is c1ccc(-c2nc(-c3ccccc3)nc(-c3cccc4c3sc3c4ccc4c5ccc(-c6cccc7c6sc6ccccc67)cc5n(-c5ccccc5)c43)n2)cc1. The van der Waals surface area contributed by atoms with Crippen LogP contribution in [-0.2, 0) is 0 Å². The van der Waals surface area contributed by atoms with E-state index in [1.165, 1.54) is 68.6 Å². The largest absolute Gasteiger partial charge is 0.308 e. The van der Waals surface area contributed by atoms with Gasteiger partial charge in [-0.15, -0.1) is 22.7 Å². The fraction of sp³-hybridized carbons (Fsp3) is 0. The van der Waals surface area contributed by atoms with Crippen LogP contribution in [-0.4, -0.2) is 19.5 Å². The molecule has 0 radical (unpaired) electrons. The second-order valence-corrected chi connectivity index (χ2v) is 16.4. The number of hydrogen-bond donors (Lipinski definition) is 0. The number of para-hydroxylation sites is 1. The number of thiophene rings is 2. The maximum Gasteiger partial charge on any atom is 0.165 e. The molecule has 12 aromatic rings. The number of nitrogens with zero attached hydrogens (tertiary/aromatic N) is 4. The molecule has 0 unspecified atom stereocenters. The van der Waals surface area contributed by atoms with Gasteiger partial charge < -0.3 is 4.57 Å². The van der Waals surface area contributed by atoms with Crippen molar-refractivity contribution in [3.63, 3.8) is 0 Å². The summed E-state index contributed by atoms with van der Waals surface area (Å²) in [6, 6.07) is 64.8. The Morgan fingerprint density at radius 2 is 0.895 bits per heavy atom. The molecule has 0 saturated carbocycles. The summed E-state index contributed by atoms with van der Waals surface area (Å²) >= 11 is 3.70. The van der Waals surface area contributed by atoms with E-state index >= 15 is 0 Å². The first-order valence-electron chi connectivity index (χ1n) is 19.0. The fourth-order valence-electron chi connectivity index (χ4n) is 8.44. The molecule has 0 atom stereocenters. The Morgan fingerprint density at radius 1 is 0.351 bits per heavy atom. The molecule has 0 saturated heterocycles. The Balaban J connectivity index is 1.12. The average Bonchev–Trinajstić information content (AvgIpc) is 3.97. The summed E-state index contributed by atoms with van der Waals surface area (Å²) in [5.41, 5.74) is 8.93. The summed E-state index contributed by atoms with van der Waals surface area (Å²) in [7, 11) is 0. The lowest BCUT2D eigenvalue weighted by atomic mass is 10.0. The topological polar surface area (TPSA) is 43.6 Å². The molecule has 0 aliphatic carbocycles. The van der Waals surface area contributed by atoms with Gasteiger partial charge in [-0.2, -0.15) is 0 Å². The summed E-state index contributed by atoms with van der Waals surface area (Å²) in [6.07, 6.45) is 0. The van der Waals surface area contributed by atoms with Crippen molar-refractivity contribution in [2.75, 3.05) is 0 Å². The van der Waals surface area contributed by atoms with E-state index < -0.39 is 0 Å². The second kappa shape index (κ2) is 12.8. The summed E-state index contributed by atoms with van der Waals surface area (Å²) in [4.78, 5) is 15.2. The maximum atomic E-state index is 5.14. The van der Waals surface area contributed by atoms with Crippen molar-refractivity contribution in [1.82, 2.24) is 19.5 Å². The number of hydrogen-bond acceptors (Lipinski definition) is 5. The van der Waals surface area contributed by atoms with E-state index in [9.17, 15) is 0 Å². The maximum absolute atomic E-state index is 5.14. The van der Waals surface area contributed by atoms with Crippen LogP contribution in [0.1, 0.15) is 0 Å². The highest BCUT2D eigenvalue weighted by Crippen LogP contribution is 2.47. The Morgan fingerprint density at radius 3 is 1.63 bits per heavy atom. The van der Waals surface area contributed by atoms with E-state index in [-0.39, 0.29) is 0 Å². The zero-order valence-electron chi connectivity index (χ0n) is 30.4. The molecule has 0 aliphatic heterocycles. The van der Waals surface area contributed by atoms with Crippen molar-refractivity contribution in [3.05, 3.63) is 182 Å². The third-order valence-corrected chi connectivity index (χ3v) is 13.5. The second-order valence-electron chi connectivity index (χ2n) is 14.3. The van der Waals surface area contributed by atoms with Crippen molar-refractivity contribution in [1.29, 1.82) is 0 Å². The highest BCUT2D eigenvalue weighted by molar-refractivity contribution is 7.27. The van der Waals surface area contributed by atoms with Gasteiger partial charge in [0.2, 0.25) is 0 Å². The Kier molecular flexibility index (Phi) is 7.24. The van der Waals surface area contributed by atoms with Crippen molar-refractivity contribution in [2.45, 2.75) is 0 Å². The molecule has 4 aromatic heterocycles. The van der Waals surface area contributed by atoms with Crippen LogP contribution in [0.25, 0.3) is 113 Å². The quantitative estimate of drug-likeness (QED) is 0.175. The molecule has 0 N–H and O–H groups in total. The minimum absolute atomic E-state index is 0.659. The Bertz CT molecular complexity index is 3450. The minimum atomic E-state index is 0.659. The molecule has 0 amide bonds. The van der Waals surface area contributed by atoms with E-state index in [4.69, 9.17) is 15.0 Å². The van der Waals surface area contributed by atoms with Crippen LogP contribution in [0.5, 0.6) is 0 Å². The van der Waals surface area contributed by atoms with Crippen LogP contribution in [0, 0.1) is 0 Å². The van der Waals surface area contributed by atoms with Gasteiger partial charge in [0.25, 0.3) is 0 Å². The normalized spacial score (nSPS) is 11.9. The van der Waals surface area contributed by atoms with Gasteiger partial charge >= 0.3 is 0 Å². The molecule has 0 spiro atoms. The molecule has 8 aromatic carbocycles. The third-order valence-electron chi connectivity index (χ3n) is 11.1. The molecule has 6 heteroatoms. The van der Waals surface area contributed by atoms with E-state index in [2.05, 4.69) is 150 Å². The lowest BCUT2D eigenvalue weighted by molar-refractivity contribution is 1.08. The van der Waals surface area contributed by atoms with Crippen LogP contribution in [0.3, 0.4) is 0 Å². The highest BCUT2D eigenvalue weighted by Gasteiger charge is 2.22. The molecule has 0 bridgehead atoms. The Hall–Kier alpha value is -6.99. The van der Waals surface area contributed by atoms with E-state index in [1.54, 1.807) is 0 Å². The van der Waals surface area contributed by atoms with Gasteiger partial charge in [0.15, 0.2) is 17.5 Å². The van der Waals surface area contributed by atoms with Crippen molar-refractivity contribution in [2.24, 2.45) is 0 Å². The van der Waals surface area contributed by atoms with Gasteiger partial charge in [-0.25, -0.2) is 15.0 Å². The van der Waals surface area contributed by atoms with Crippen molar-refractivity contribution < 1.29 is 0 Å². The lowest BCUT2D eigenvalue weighted by Crippen LogP contribution is -2.00. The van der Waals surface area contributed by atoms with Crippen LogP contribution in [0.2, 0.25) is 0 Å². The van der Waals surface area contributed by atoms with Gasteiger partial charge in [0, 0.05) is 68.8 Å². The standard InChI is InChI=1S/C51H30N4S2/c1-4-14-31(15-5-1)49-52-50(32-16-6-2-7-17-32)54-51(53-49)42-24-13-23-40-41-29-28-38-36-27-26-33(35-21-12-22-39-37-20-10-11-25-44(37)56-46(35)39)30-43(36)55(34-18-8-3-9-19-34)45(38)48(41)57-47(40)42/h1-30H. The molecule has 4 nitrogen and oxygen atoms in total. The smallest absolute Gasteiger partial charge is 0.165 e. The van der Waals surface area contributed by atoms with Crippen molar-refractivity contribution >= 4 is 84.8 Å². The molecule has 266 valence electrons. The lowest BCUT2D eigenvalue weighted by Gasteiger charge is -2.10. The summed E-state index contributed by atoms with van der Waals surface area (Å²) in [5, 5.41) is 7.51. The Labute approximate surface area is 335 Å². The van der Waals surface area contributed by atoms with E-state index in [1.807, 2.05) is 59.1 Å². The third kappa shape index (κ3) is 5.08. The zero-order chi connectivity index (χ0) is 37.5. The average molecular weight is 763 g/mol. The number of aromatic nitrogens is 4. The van der Waals surface area contributed by atoms with Gasteiger partial charge in [-0.1, -0.05) is 152 Å². The number of benzene rings is 8. The van der Waals surface area contributed by atoms with E-state index in [0.717, 1.165) is 27.1 Å². The molecule has 0 fully saturated rings. The molecule has 4 heterocycles. The molecule has 57 heavy (non-hydrogen) atoms. The summed E-state index contributed by atoms with van der Waals surface area (Å²) in [6.45, 7) is 0. The zero-order valence-corrected chi connectivity index (χ0v) is 32.1. The molecular weight excluding hydrogens is 733 g/mol. The molecule has 0 aliphatic rings. The molecular formula is C51H30N4S2. The van der Waals surface area contributed by atoms with Crippen LogP contribution in [0.4, 0.5) is 0 Å². The van der Waals surface area contributed by atoms with Gasteiger partial charge in [-0.05, 0) is 41.5 Å². The van der Waals surface area contributed by atoms with E-state index in [0.29, 0.717) is 17.5 Å². The monoisotopic (exact) mass is 762 g/mol. The highest BCUT2D eigenvalue weighted by atomic mass is 32.1. The van der Waals surface area contributed by atoms with Crippen LogP contribution in [0.15, 0.2) is 182 Å². The minimum Gasteiger partial charge on any atom is -0.308 e. The van der Waals surface area contributed by atoms with Gasteiger partial charge in [0.1, 0.15) is 0 Å². The fourth-order valence-corrected chi connectivity index (χ4v) is 11.0. The van der Waals surface area contributed by atoms with Crippen molar-refractivity contribution in [3.8, 4) is 51.0 Å². The predicted octanol–water partition coefficient (Wildman–Crippen LogP) is 14.4. The summed E-state index contributed by atoms with van der Waals surface area (Å²) < 4.78 is 7.51.